The molecule has 0 fully saturated rings. The van der Waals surface area contributed by atoms with E-state index in [1.54, 1.807) is 6.07 Å². The Morgan fingerprint density at radius 2 is 1.90 bits per heavy atom. The predicted molar refractivity (Wildman–Crippen MR) is 74.0 cm³/mol. The lowest BCUT2D eigenvalue weighted by molar-refractivity contribution is 0.718. The fraction of sp³-hybridized carbons (Fsp3) is 0.0667. The zero-order valence-corrected chi connectivity index (χ0v) is 10.9. The normalized spacial score (nSPS) is 10.2. The Labute approximate surface area is 116 Å². The molecule has 0 unspecified atom stereocenters. The van der Waals surface area contributed by atoms with Crippen LogP contribution in [0.3, 0.4) is 0 Å². The molecule has 0 bridgehead atoms. The van der Waals surface area contributed by atoms with Crippen molar-refractivity contribution in [2.24, 2.45) is 0 Å². The second kappa shape index (κ2) is 4.94. The highest BCUT2D eigenvalue weighted by atomic mass is 15.6. The zero-order valence-electron chi connectivity index (χ0n) is 10.9. The van der Waals surface area contributed by atoms with Crippen LogP contribution in [0.1, 0.15) is 11.1 Å². The third-order valence-corrected chi connectivity index (χ3v) is 2.93. The van der Waals surface area contributed by atoms with Crippen LogP contribution in [0.5, 0.6) is 0 Å². The summed E-state index contributed by atoms with van der Waals surface area (Å²) < 4.78 is 0. The van der Waals surface area contributed by atoms with Crippen molar-refractivity contribution >= 4 is 0 Å². The van der Waals surface area contributed by atoms with Gasteiger partial charge in [-0.25, -0.2) is 0 Å². The van der Waals surface area contributed by atoms with Gasteiger partial charge in [0.25, 0.3) is 0 Å². The summed E-state index contributed by atoms with van der Waals surface area (Å²) >= 11 is 0. The number of aryl methyl sites for hydroxylation is 1. The van der Waals surface area contributed by atoms with E-state index in [9.17, 15) is 5.26 Å². The molecule has 5 nitrogen and oxygen atoms in total. The fourth-order valence-corrected chi connectivity index (χ4v) is 1.93. The van der Waals surface area contributed by atoms with Crippen molar-refractivity contribution in [1.82, 2.24) is 20.2 Å². The van der Waals surface area contributed by atoms with Gasteiger partial charge >= 0.3 is 0 Å². The van der Waals surface area contributed by atoms with Gasteiger partial charge in [0, 0.05) is 5.56 Å². The van der Waals surface area contributed by atoms with Crippen LogP contribution in [-0.2, 0) is 0 Å². The van der Waals surface area contributed by atoms with Crippen molar-refractivity contribution in [2.75, 3.05) is 0 Å². The SMILES string of the molecule is Cc1ccc(-n2nnc(-c3ccccc3)n2)c(C#N)c1. The van der Waals surface area contributed by atoms with Gasteiger partial charge in [0.05, 0.1) is 5.56 Å². The summed E-state index contributed by atoms with van der Waals surface area (Å²) in [6.07, 6.45) is 0. The van der Waals surface area contributed by atoms with E-state index < -0.39 is 0 Å². The number of hydrogen-bond acceptors (Lipinski definition) is 4. The molecule has 0 amide bonds. The highest BCUT2D eigenvalue weighted by Gasteiger charge is 2.10. The summed E-state index contributed by atoms with van der Waals surface area (Å²) in [5, 5.41) is 21.6. The Kier molecular flexibility index (Phi) is 2.98. The van der Waals surface area contributed by atoms with Crippen molar-refractivity contribution in [2.45, 2.75) is 6.92 Å². The van der Waals surface area contributed by atoms with Crippen molar-refractivity contribution < 1.29 is 0 Å². The summed E-state index contributed by atoms with van der Waals surface area (Å²) in [6, 6.07) is 17.3. The van der Waals surface area contributed by atoms with E-state index in [2.05, 4.69) is 21.5 Å². The number of tetrazole rings is 1. The maximum atomic E-state index is 9.19. The molecule has 3 aromatic rings. The van der Waals surface area contributed by atoms with Crippen molar-refractivity contribution in [1.29, 1.82) is 5.26 Å². The molecule has 0 N–H and O–H groups in total. The first kappa shape index (κ1) is 12.1. The zero-order chi connectivity index (χ0) is 13.9. The molecule has 1 aromatic heterocycles. The molecular formula is C15H11N5. The molecule has 3 rings (SSSR count). The average molecular weight is 261 g/mol. The molecular weight excluding hydrogens is 250 g/mol. The monoisotopic (exact) mass is 261 g/mol. The summed E-state index contributed by atoms with van der Waals surface area (Å²) in [6.45, 7) is 1.94. The van der Waals surface area contributed by atoms with Gasteiger partial charge in [-0.3, -0.25) is 0 Å². The van der Waals surface area contributed by atoms with Crippen LogP contribution < -0.4 is 0 Å². The Balaban J connectivity index is 2.05. The predicted octanol–water partition coefficient (Wildman–Crippen LogP) is 2.51. The lowest BCUT2D eigenvalue weighted by Crippen LogP contribution is -2.02. The van der Waals surface area contributed by atoms with Crippen LogP contribution in [-0.4, -0.2) is 20.2 Å². The molecule has 5 heteroatoms. The Bertz CT molecular complexity index is 784. The van der Waals surface area contributed by atoms with Crippen molar-refractivity contribution in [3.8, 4) is 23.1 Å². The van der Waals surface area contributed by atoms with Crippen LogP contribution in [0.4, 0.5) is 0 Å². The smallest absolute Gasteiger partial charge is 0.192 e. The van der Waals surface area contributed by atoms with E-state index in [0.29, 0.717) is 17.1 Å². The topological polar surface area (TPSA) is 67.4 Å². The van der Waals surface area contributed by atoms with Crippen molar-refractivity contribution in [3.63, 3.8) is 0 Å². The molecule has 1 heterocycles. The Morgan fingerprint density at radius 3 is 2.65 bits per heavy atom. The van der Waals surface area contributed by atoms with E-state index in [4.69, 9.17) is 0 Å². The quantitative estimate of drug-likeness (QED) is 0.710. The van der Waals surface area contributed by atoms with Crippen LogP contribution in [0, 0.1) is 18.3 Å². The number of rotatable bonds is 2. The van der Waals surface area contributed by atoms with Gasteiger partial charge in [-0.15, -0.1) is 15.0 Å². The Morgan fingerprint density at radius 1 is 1.10 bits per heavy atom. The molecule has 0 spiro atoms. The number of aromatic nitrogens is 4. The average Bonchev–Trinajstić information content (AvgIpc) is 2.97. The van der Waals surface area contributed by atoms with Gasteiger partial charge in [-0.2, -0.15) is 5.26 Å². The molecule has 0 saturated heterocycles. The second-order valence-corrected chi connectivity index (χ2v) is 4.40. The molecule has 0 atom stereocenters. The lowest BCUT2D eigenvalue weighted by atomic mass is 10.1. The van der Waals surface area contributed by atoms with E-state index in [1.807, 2.05) is 49.4 Å². The van der Waals surface area contributed by atoms with Gasteiger partial charge < -0.3 is 0 Å². The number of benzene rings is 2. The molecule has 0 aliphatic heterocycles. The second-order valence-electron chi connectivity index (χ2n) is 4.40. The third kappa shape index (κ3) is 2.15. The summed E-state index contributed by atoms with van der Waals surface area (Å²) in [7, 11) is 0. The molecule has 0 radical (unpaired) electrons. The molecule has 20 heavy (non-hydrogen) atoms. The molecule has 0 aliphatic carbocycles. The minimum absolute atomic E-state index is 0.530. The van der Waals surface area contributed by atoms with E-state index >= 15 is 0 Å². The summed E-state index contributed by atoms with van der Waals surface area (Å²) in [5.41, 5.74) is 3.08. The van der Waals surface area contributed by atoms with Gasteiger partial charge in [0.15, 0.2) is 0 Å². The number of nitrogens with zero attached hydrogens (tertiary/aromatic N) is 5. The maximum absolute atomic E-state index is 9.19. The highest BCUT2D eigenvalue weighted by molar-refractivity contribution is 5.54. The Hall–Kier alpha value is -3.00. The minimum Gasteiger partial charge on any atom is -0.192 e. The van der Waals surface area contributed by atoms with Gasteiger partial charge in [-0.05, 0) is 29.8 Å². The van der Waals surface area contributed by atoms with Crippen LogP contribution in [0.15, 0.2) is 48.5 Å². The maximum Gasteiger partial charge on any atom is 0.205 e. The first-order valence-corrected chi connectivity index (χ1v) is 6.14. The number of nitriles is 1. The minimum atomic E-state index is 0.530. The van der Waals surface area contributed by atoms with Crippen LogP contribution >= 0.6 is 0 Å². The van der Waals surface area contributed by atoms with Crippen molar-refractivity contribution in [3.05, 3.63) is 59.7 Å². The highest BCUT2D eigenvalue weighted by Crippen LogP contribution is 2.17. The first-order valence-electron chi connectivity index (χ1n) is 6.14. The van der Waals surface area contributed by atoms with Gasteiger partial charge in [0.2, 0.25) is 5.82 Å². The van der Waals surface area contributed by atoms with E-state index in [-0.39, 0.29) is 0 Å². The molecule has 96 valence electrons. The number of hydrogen-bond donors (Lipinski definition) is 0. The van der Waals surface area contributed by atoms with Crippen LogP contribution in [0.2, 0.25) is 0 Å². The molecule has 0 saturated carbocycles. The summed E-state index contributed by atoms with van der Waals surface area (Å²) in [5.74, 6) is 0.537. The summed E-state index contributed by atoms with van der Waals surface area (Å²) in [4.78, 5) is 1.39. The van der Waals surface area contributed by atoms with Crippen LogP contribution in [0.25, 0.3) is 17.1 Å². The standard InChI is InChI=1S/C15H11N5/c1-11-7-8-14(13(9-11)10-16)20-18-15(17-19-20)12-5-3-2-4-6-12/h2-9H,1H3. The third-order valence-electron chi connectivity index (χ3n) is 2.93. The first-order chi connectivity index (χ1) is 9.78. The van der Waals surface area contributed by atoms with Gasteiger partial charge in [0.1, 0.15) is 11.8 Å². The molecule has 0 aliphatic rings. The lowest BCUT2D eigenvalue weighted by Gasteiger charge is -2.02. The van der Waals surface area contributed by atoms with E-state index in [1.165, 1.54) is 4.80 Å². The van der Waals surface area contributed by atoms with Gasteiger partial charge in [-0.1, -0.05) is 36.4 Å². The van der Waals surface area contributed by atoms with E-state index in [0.717, 1.165) is 11.1 Å². The molecule has 2 aromatic carbocycles. The largest absolute Gasteiger partial charge is 0.205 e. The fourth-order valence-electron chi connectivity index (χ4n) is 1.93.